The Hall–Kier alpha value is -1.65. The van der Waals surface area contributed by atoms with E-state index in [0.29, 0.717) is 29.2 Å². The van der Waals surface area contributed by atoms with Crippen molar-refractivity contribution >= 4 is 17.4 Å². The SMILES string of the molecule is CNC(Cc1cccnc1N)Cc1c(F)cccc1Cl. The average molecular weight is 294 g/mol. The summed E-state index contributed by atoms with van der Waals surface area (Å²) in [5.74, 6) is 0.226. The molecule has 3 nitrogen and oxygen atoms in total. The summed E-state index contributed by atoms with van der Waals surface area (Å²) in [7, 11) is 1.84. The van der Waals surface area contributed by atoms with Crippen molar-refractivity contribution in [3.63, 3.8) is 0 Å². The molecule has 0 saturated carbocycles. The molecule has 0 fully saturated rings. The molecule has 2 rings (SSSR count). The van der Waals surface area contributed by atoms with Crippen molar-refractivity contribution in [1.82, 2.24) is 10.3 Å². The quantitative estimate of drug-likeness (QED) is 0.891. The minimum Gasteiger partial charge on any atom is -0.383 e. The molecule has 0 aliphatic carbocycles. The van der Waals surface area contributed by atoms with Gasteiger partial charge < -0.3 is 11.1 Å². The largest absolute Gasteiger partial charge is 0.383 e. The Morgan fingerprint density at radius 1 is 1.30 bits per heavy atom. The number of halogens is 2. The van der Waals surface area contributed by atoms with Gasteiger partial charge in [0.1, 0.15) is 11.6 Å². The number of nitrogens with two attached hydrogens (primary N) is 1. The fraction of sp³-hybridized carbons (Fsp3) is 0.267. The van der Waals surface area contributed by atoms with Crippen LogP contribution in [0.15, 0.2) is 36.5 Å². The summed E-state index contributed by atoms with van der Waals surface area (Å²) in [4.78, 5) is 4.06. The highest BCUT2D eigenvalue weighted by Gasteiger charge is 2.15. The molecule has 1 atom stereocenters. The van der Waals surface area contributed by atoms with Crippen LogP contribution in [0.4, 0.5) is 10.2 Å². The first-order valence-corrected chi connectivity index (χ1v) is 6.79. The van der Waals surface area contributed by atoms with E-state index in [1.807, 2.05) is 19.2 Å². The van der Waals surface area contributed by atoms with Gasteiger partial charge in [0.15, 0.2) is 0 Å². The number of rotatable bonds is 5. The maximum absolute atomic E-state index is 13.8. The van der Waals surface area contributed by atoms with Crippen molar-refractivity contribution in [1.29, 1.82) is 0 Å². The molecule has 0 saturated heterocycles. The number of pyridine rings is 1. The predicted octanol–water partition coefficient (Wildman–Crippen LogP) is 2.83. The lowest BCUT2D eigenvalue weighted by Crippen LogP contribution is -2.30. The summed E-state index contributed by atoms with van der Waals surface area (Å²) >= 11 is 6.06. The molecule has 0 aliphatic heterocycles. The highest BCUT2D eigenvalue weighted by molar-refractivity contribution is 6.31. The molecule has 0 bridgehead atoms. The smallest absolute Gasteiger partial charge is 0.127 e. The third-order valence-corrected chi connectivity index (χ3v) is 3.67. The van der Waals surface area contributed by atoms with E-state index in [1.165, 1.54) is 6.07 Å². The van der Waals surface area contributed by atoms with E-state index in [1.54, 1.807) is 18.3 Å². The number of hydrogen-bond acceptors (Lipinski definition) is 3. The molecule has 1 unspecified atom stereocenters. The summed E-state index contributed by atoms with van der Waals surface area (Å²) in [6, 6.07) is 8.53. The number of nitrogens with zero attached hydrogens (tertiary/aromatic N) is 1. The van der Waals surface area contributed by atoms with Gasteiger partial charge in [0, 0.05) is 22.8 Å². The lowest BCUT2D eigenvalue weighted by atomic mass is 9.99. The first kappa shape index (κ1) is 14.8. The van der Waals surface area contributed by atoms with Crippen LogP contribution >= 0.6 is 11.6 Å². The van der Waals surface area contributed by atoms with Gasteiger partial charge in [-0.25, -0.2) is 9.37 Å². The molecule has 1 aromatic heterocycles. The first-order valence-electron chi connectivity index (χ1n) is 6.41. The molecule has 0 radical (unpaired) electrons. The fourth-order valence-corrected chi connectivity index (χ4v) is 2.38. The van der Waals surface area contributed by atoms with Crippen LogP contribution < -0.4 is 11.1 Å². The molecule has 3 N–H and O–H groups in total. The van der Waals surface area contributed by atoms with Crippen molar-refractivity contribution in [3.8, 4) is 0 Å². The summed E-state index contributed by atoms with van der Waals surface area (Å²) in [5, 5.41) is 3.62. The zero-order chi connectivity index (χ0) is 14.5. The van der Waals surface area contributed by atoms with Crippen molar-refractivity contribution in [2.75, 3.05) is 12.8 Å². The molecule has 2 aromatic rings. The molecule has 20 heavy (non-hydrogen) atoms. The maximum Gasteiger partial charge on any atom is 0.127 e. The molecule has 0 amide bonds. The summed E-state index contributed by atoms with van der Waals surface area (Å²) in [6.07, 6.45) is 2.82. The maximum atomic E-state index is 13.8. The third kappa shape index (κ3) is 3.46. The number of nitrogen functional groups attached to an aromatic ring is 1. The Balaban J connectivity index is 2.16. The molecular formula is C15H17ClFN3. The normalized spacial score (nSPS) is 12.3. The van der Waals surface area contributed by atoms with E-state index in [2.05, 4.69) is 10.3 Å². The van der Waals surface area contributed by atoms with Gasteiger partial charge in [-0.3, -0.25) is 0 Å². The lowest BCUT2D eigenvalue weighted by Gasteiger charge is -2.18. The predicted molar refractivity (Wildman–Crippen MR) is 80.3 cm³/mol. The summed E-state index contributed by atoms with van der Waals surface area (Å²) in [6.45, 7) is 0. The van der Waals surface area contributed by atoms with Crippen LogP contribution in [-0.2, 0) is 12.8 Å². The van der Waals surface area contributed by atoms with Crippen LogP contribution in [0.2, 0.25) is 5.02 Å². The van der Waals surface area contributed by atoms with Crippen LogP contribution in [0.25, 0.3) is 0 Å². The lowest BCUT2D eigenvalue weighted by molar-refractivity contribution is 0.532. The monoisotopic (exact) mass is 293 g/mol. The van der Waals surface area contributed by atoms with Crippen molar-refractivity contribution in [2.24, 2.45) is 0 Å². The summed E-state index contributed by atoms with van der Waals surface area (Å²) < 4.78 is 13.8. The molecule has 0 spiro atoms. The van der Waals surface area contributed by atoms with Gasteiger partial charge in [-0.1, -0.05) is 23.7 Å². The van der Waals surface area contributed by atoms with E-state index in [4.69, 9.17) is 17.3 Å². The first-order chi connectivity index (χ1) is 9.61. The Morgan fingerprint density at radius 3 is 2.75 bits per heavy atom. The Morgan fingerprint density at radius 2 is 2.10 bits per heavy atom. The second-order valence-corrected chi connectivity index (χ2v) is 5.05. The van der Waals surface area contributed by atoms with Crippen LogP contribution in [0, 0.1) is 5.82 Å². The Labute approximate surface area is 123 Å². The van der Waals surface area contributed by atoms with Crippen molar-refractivity contribution < 1.29 is 4.39 Å². The standard InChI is InChI=1S/C15H17ClFN3/c1-19-11(8-10-4-3-7-20-15(10)18)9-12-13(16)5-2-6-14(12)17/h2-7,11,19H,8-9H2,1H3,(H2,18,20). The van der Waals surface area contributed by atoms with E-state index >= 15 is 0 Å². The Bertz CT molecular complexity index is 569. The minimum absolute atomic E-state index is 0.0379. The van der Waals surface area contributed by atoms with E-state index in [-0.39, 0.29) is 11.9 Å². The number of benzene rings is 1. The van der Waals surface area contributed by atoms with Gasteiger partial charge >= 0.3 is 0 Å². The van der Waals surface area contributed by atoms with Crippen molar-refractivity contribution in [3.05, 3.63) is 58.5 Å². The molecule has 1 aromatic carbocycles. The molecule has 1 heterocycles. The molecular weight excluding hydrogens is 277 g/mol. The average Bonchev–Trinajstić information content (AvgIpc) is 2.44. The third-order valence-electron chi connectivity index (χ3n) is 3.31. The number of hydrogen-bond donors (Lipinski definition) is 2. The van der Waals surface area contributed by atoms with Gasteiger partial charge in [-0.05, 0) is 43.7 Å². The molecule has 0 aliphatic rings. The van der Waals surface area contributed by atoms with Gasteiger partial charge in [0.05, 0.1) is 0 Å². The van der Waals surface area contributed by atoms with Gasteiger partial charge in [0.2, 0.25) is 0 Å². The van der Waals surface area contributed by atoms with Crippen molar-refractivity contribution in [2.45, 2.75) is 18.9 Å². The second kappa shape index (κ2) is 6.68. The molecule has 5 heteroatoms. The second-order valence-electron chi connectivity index (χ2n) is 4.64. The van der Waals surface area contributed by atoms with E-state index in [0.717, 1.165) is 5.56 Å². The zero-order valence-corrected chi connectivity index (χ0v) is 12.0. The summed E-state index contributed by atoms with van der Waals surface area (Å²) in [5.41, 5.74) is 7.31. The van der Waals surface area contributed by atoms with Gasteiger partial charge in [-0.15, -0.1) is 0 Å². The van der Waals surface area contributed by atoms with Crippen LogP contribution in [0.1, 0.15) is 11.1 Å². The fourth-order valence-electron chi connectivity index (χ4n) is 2.14. The van der Waals surface area contributed by atoms with Crippen LogP contribution in [0.3, 0.4) is 0 Å². The van der Waals surface area contributed by atoms with Crippen LogP contribution in [0.5, 0.6) is 0 Å². The topological polar surface area (TPSA) is 50.9 Å². The number of nitrogens with one attached hydrogen (secondary N) is 1. The van der Waals surface area contributed by atoms with E-state index in [9.17, 15) is 4.39 Å². The highest BCUT2D eigenvalue weighted by Crippen LogP contribution is 2.22. The Kier molecular flexibility index (Phi) is 4.93. The molecule has 106 valence electrons. The zero-order valence-electron chi connectivity index (χ0n) is 11.2. The number of aromatic nitrogens is 1. The minimum atomic E-state index is -0.281. The van der Waals surface area contributed by atoms with Gasteiger partial charge in [-0.2, -0.15) is 0 Å². The number of likely N-dealkylation sites (N-methyl/N-ethyl adjacent to an activating group) is 1. The van der Waals surface area contributed by atoms with Crippen LogP contribution in [-0.4, -0.2) is 18.1 Å². The van der Waals surface area contributed by atoms with E-state index < -0.39 is 0 Å². The number of anilines is 1. The highest BCUT2D eigenvalue weighted by atomic mass is 35.5. The van der Waals surface area contributed by atoms with Gasteiger partial charge in [0.25, 0.3) is 0 Å².